The van der Waals surface area contributed by atoms with E-state index in [1.54, 1.807) is 0 Å². The van der Waals surface area contributed by atoms with Crippen LogP contribution in [-0.2, 0) is 14.8 Å². The molecule has 0 aromatic heterocycles. The first-order chi connectivity index (χ1) is 9.67. The molecule has 1 aromatic rings. The normalized spacial score (nSPS) is 15.7. The van der Waals surface area contributed by atoms with Crippen molar-refractivity contribution in [2.24, 2.45) is 0 Å². The highest BCUT2D eigenvalue weighted by Gasteiger charge is 2.43. The van der Waals surface area contributed by atoms with Crippen LogP contribution in [0.2, 0.25) is 0 Å². The van der Waals surface area contributed by atoms with Crippen LogP contribution >= 0.6 is 0 Å². The minimum Gasteiger partial charge on any atom is -0.481 e. The fraction of sp³-hybridized carbons (Fsp3) is 0.364. The van der Waals surface area contributed by atoms with Crippen LogP contribution in [0.3, 0.4) is 0 Å². The van der Waals surface area contributed by atoms with E-state index in [4.69, 9.17) is 5.11 Å². The molecule has 1 aromatic carbocycles. The molecule has 7 nitrogen and oxygen atoms in total. The van der Waals surface area contributed by atoms with Gasteiger partial charge in [0.05, 0.1) is 11.4 Å². The predicted molar refractivity (Wildman–Crippen MR) is 66.9 cm³/mol. The van der Waals surface area contributed by atoms with Gasteiger partial charge in [0.25, 0.3) is 0 Å². The Morgan fingerprint density at radius 1 is 1.29 bits per heavy atom. The lowest BCUT2D eigenvalue weighted by Gasteiger charge is -2.07. The molecule has 0 fully saturated rings. The van der Waals surface area contributed by atoms with Crippen molar-refractivity contribution in [1.29, 1.82) is 0 Å². The maximum atomic E-state index is 12.8. The number of carboxylic acid groups (broad SMARTS) is 1. The quantitative estimate of drug-likeness (QED) is 0.825. The highest BCUT2D eigenvalue weighted by molar-refractivity contribution is 7.92. The van der Waals surface area contributed by atoms with Crippen LogP contribution in [0.25, 0.3) is 0 Å². The number of aliphatic carboxylic acids is 1. The van der Waals surface area contributed by atoms with Gasteiger partial charge < -0.3 is 14.6 Å². The lowest BCUT2D eigenvalue weighted by molar-refractivity contribution is -0.286. The van der Waals surface area contributed by atoms with Crippen molar-refractivity contribution in [2.75, 3.05) is 10.5 Å². The van der Waals surface area contributed by atoms with Gasteiger partial charge in [-0.1, -0.05) is 0 Å². The number of carbonyl (C=O) groups is 1. The number of alkyl halides is 2. The lowest BCUT2D eigenvalue weighted by Crippen LogP contribution is -2.25. The van der Waals surface area contributed by atoms with E-state index in [9.17, 15) is 22.0 Å². The van der Waals surface area contributed by atoms with E-state index in [1.165, 1.54) is 6.07 Å². The maximum Gasteiger partial charge on any atom is 0.586 e. The zero-order chi connectivity index (χ0) is 15.7. The van der Waals surface area contributed by atoms with Crippen LogP contribution in [0.5, 0.6) is 11.5 Å². The van der Waals surface area contributed by atoms with Gasteiger partial charge in [-0.3, -0.25) is 9.52 Å². The second-order valence-electron chi connectivity index (χ2n) is 4.25. The third-order valence-electron chi connectivity index (χ3n) is 2.48. The fourth-order valence-electron chi connectivity index (χ4n) is 1.66. The van der Waals surface area contributed by atoms with Crippen LogP contribution in [0.15, 0.2) is 18.2 Å². The van der Waals surface area contributed by atoms with Crippen molar-refractivity contribution in [3.8, 4) is 11.5 Å². The summed E-state index contributed by atoms with van der Waals surface area (Å²) in [5, 5.41) is 8.44. The average molecular weight is 323 g/mol. The monoisotopic (exact) mass is 323 g/mol. The summed E-state index contributed by atoms with van der Waals surface area (Å²) in [6, 6.07) is 3.44. The molecule has 0 saturated heterocycles. The van der Waals surface area contributed by atoms with Gasteiger partial charge in [-0.05, 0) is 18.6 Å². The molecule has 0 spiro atoms. The predicted octanol–water partition coefficient (Wildman–Crippen LogP) is 1.61. The van der Waals surface area contributed by atoms with Crippen LogP contribution < -0.4 is 14.2 Å². The third kappa shape index (κ3) is 4.18. The molecule has 0 radical (unpaired) electrons. The van der Waals surface area contributed by atoms with Crippen LogP contribution in [-0.4, -0.2) is 31.5 Å². The Labute approximate surface area is 118 Å². The topological polar surface area (TPSA) is 102 Å². The molecule has 0 bridgehead atoms. The SMILES string of the molecule is O=C(O)CCCS(=O)(=O)Nc1ccc2c(c1)OC(F)(F)O2. The maximum absolute atomic E-state index is 12.8. The number of rotatable bonds is 6. The summed E-state index contributed by atoms with van der Waals surface area (Å²) in [6.45, 7) is 0. The third-order valence-corrected chi connectivity index (χ3v) is 3.85. The van der Waals surface area contributed by atoms with Crippen molar-refractivity contribution in [3.63, 3.8) is 0 Å². The number of fused-ring (bicyclic) bond motifs is 1. The summed E-state index contributed by atoms with van der Waals surface area (Å²) in [5.41, 5.74) is 0.0189. The van der Waals surface area contributed by atoms with E-state index >= 15 is 0 Å². The second kappa shape index (κ2) is 5.35. The molecule has 0 aliphatic carbocycles. The number of hydrogen-bond acceptors (Lipinski definition) is 5. The number of ether oxygens (including phenoxy) is 2. The minimum atomic E-state index is -3.78. The van der Waals surface area contributed by atoms with Gasteiger partial charge >= 0.3 is 12.3 Å². The molecule has 1 aliphatic heterocycles. The summed E-state index contributed by atoms with van der Waals surface area (Å²) in [7, 11) is -3.77. The van der Waals surface area contributed by atoms with E-state index in [2.05, 4.69) is 14.2 Å². The number of benzene rings is 1. The Hall–Kier alpha value is -2.10. The number of halogens is 2. The van der Waals surface area contributed by atoms with Crippen molar-refractivity contribution < 1.29 is 36.6 Å². The van der Waals surface area contributed by atoms with E-state index in [-0.39, 0.29) is 30.0 Å². The van der Waals surface area contributed by atoms with Gasteiger partial charge in [0.2, 0.25) is 10.0 Å². The molecular weight excluding hydrogens is 312 g/mol. The van der Waals surface area contributed by atoms with Crippen LogP contribution in [0.1, 0.15) is 12.8 Å². The molecular formula is C11H11F2NO6S. The molecule has 21 heavy (non-hydrogen) atoms. The second-order valence-corrected chi connectivity index (χ2v) is 6.09. The van der Waals surface area contributed by atoms with Gasteiger partial charge in [0.15, 0.2) is 11.5 Å². The smallest absolute Gasteiger partial charge is 0.481 e. The number of hydrogen-bond donors (Lipinski definition) is 2. The summed E-state index contributed by atoms with van der Waals surface area (Å²) >= 11 is 0. The molecule has 1 aliphatic rings. The first kappa shape index (κ1) is 15.3. The van der Waals surface area contributed by atoms with E-state index in [0.29, 0.717) is 0 Å². The summed E-state index contributed by atoms with van der Waals surface area (Å²) < 4.78 is 59.5. The van der Waals surface area contributed by atoms with Gasteiger partial charge in [0.1, 0.15) is 0 Å². The van der Waals surface area contributed by atoms with E-state index in [0.717, 1.165) is 12.1 Å². The van der Waals surface area contributed by atoms with Gasteiger partial charge in [0, 0.05) is 12.5 Å². The largest absolute Gasteiger partial charge is 0.586 e. The van der Waals surface area contributed by atoms with E-state index < -0.39 is 28.0 Å². The Balaban J connectivity index is 2.03. The van der Waals surface area contributed by atoms with Gasteiger partial charge in [-0.2, -0.15) is 0 Å². The first-order valence-corrected chi connectivity index (χ1v) is 7.44. The van der Waals surface area contributed by atoms with Crippen molar-refractivity contribution in [2.45, 2.75) is 19.1 Å². The molecule has 0 saturated carbocycles. The zero-order valence-corrected chi connectivity index (χ0v) is 11.3. The molecule has 1 heterocycles. The van der Waals surface area contributed by atoms with Gasteiger partial charge in [-0.25, -0.2) is 8.42 Å². The summed E-state index contributed by atoms with van der Waals surface area (Å²) in [4.78, 5) is 10.3. The van der Waals surface area contributed by atoms with Crippen LogP contribution in [0, 0.1) is 0 Å². The first-order valence-electron chi connectivity index (χ1n) is 5.79. The molecule has 116 valence electrons. The number of sulfonamides is 1. The lowest BCUT2D eigenvalue weighted by atomic mass is 10.3. The Morgan fingerprint density at radius 2 is 1.95 bits per heavy atom. The summed E-state index contributed by atoms with van der Waals surface area (Å²) in [5.74, 6) is -1.99. The fourth-order valence-corrected chi connectivity index (χ4v) is 2.77. The van der Waals surface area contributed by atoms with Crippen LogP contribution in [0.4, 0.5) is 14.5 Å². The highest BCUT2D eigenvalue weighted by Crippen LogP contribution is 2.42. The van der Waals surface area contributed by atoms with Gasteiger partial charge in [-0.15, -0.1) is 8.78 Å². The highest BCUT2D eigenvalue weighted by atomic mass is 32.2. The average Bonchev–Trinajstić information content (AvgIpc) is 2.60. The van der Waals surface area contributed by atoms with E-state index in [1.807, 2.05) is 0 Å². The molecule has 2 N–H and O–H groups in total. The summed E-state index contributed by atoms with van der Waals surface area (Å²) in [6.07, 6.45) is -4.12. The standard InChI is InChI=1S/C11H11F2NO6S/c12-11(13)19-8-4-3-7(6-9(8)20-11)14-21(17,18)5-1-2-10(15)16/h3-4,6,14H,1-2,5H2,(H,15,16). The molecule has 0 amide bonds. The van der Waals surface area contributed by atoms with Crippen molar-refractivity contribution in [1.82, 2.24) is 0 Å². The zero-order valence-electron chi connectivity index (χ0n) is 10.5. The number of anilines is 1. The Kier molecular flexibility index (Phi) is 3.90. The number of carboxylic acids is 1. The molecule has 0 atom stereocenters. The molecule has 10 heteroatoms. The molecule has 0 unspecified atom stereocenters. The Morgan fingerprint density at radius 3 is 2.62 bits per heavy atom. The minimum absolute atomic E-state index is 0.0189. The van der Waals surface area contributed by atoms with Crippen molar-refractivity contribution in [3.05, 3.63) is 18.2 Å². The van der Waals surface area contributed by atoms with Crippen molar-refractivity contribution >= 4 is 21.7 Å². The number of nitrogens with one attached hydrogen (secondary N) is 1. The molecule has 2 rings (SSSR count). The Bertz CT molecular complexity index is 661.